The maximum atomic E-state index is 9.43. The minimum Gasteiger partial charge on any atom is -0.396 e. The number of aliphatic hydroxyl groups is 1. The first-order chi connectivity index (χ1) is 8.19. The first-order valence-electron chi connectivity index (χ1n) is 5.59. The minimum absolute atomic E-state index is 0.0276. The van der Waals surface area contributed by atoms with Crippen molar-refractivity contribution in [1.29, 1.82) is 0 Å². The van der Waals surface area contributed by atoms with E-state index in [1.54, 1.807) is 7.05 Å². The van der Waals surface area contributed by atoms with Gasteiger partial charge < -0.3 is 5.11 Å². The lowest BCUT2D eigenvalue weighted by molar-refractivity contribution is 0.263. The largest absolute Gasteiger partial charge is 0.396 e. The van der Waals surface area contributed by atoms with Crippen LogP contribution in [0.2, 0.25) is 0 Å². The third kappa shape index (κ3) is 2.88. The monoisotopic (exact) mass is 232 g/mol. The van der Waals surface area contributed by atoms with Gasteiger partial charge in [0.05, 0.1) is 13.7 Å². The van der Waals surface area contributed by atoms with Crippen LogP contribution in [0, 0.1) is 6.92 Å². The van der Waals surface area contributed by atoms with Gasteiger partial charge in [-0.3, -0.25) is 0 Å². The Morgan fingerprint density at radius 1 is 1.29 bits per heavy atom. The molecule has 1 heterocycles. The lowest BCUT2D eigenvalue weighted by Crippen LogP contribution is -2.09. The molecule has 5 nitrogen and oxygen atoms in total. The molecule has 0 spiro atoms. The Balaban J connectivity index is 2.13. The summed E-state index contributed by atoms with van der Waals surface area (Å²) < 4.78 is 0. The minimum atomic E-state index is 0.0276. The summed E-state index contributed by atoms with van der Waals surface area (Å²) in [6.07, 6.45) is 0.605. The van der Waals surface area contributed by atoms with E-state index in [1.165, 1.54) is 10.4 Å². The Labute approximate surface area is 100 Å². The van der Waals surface area contributed by atoms with Crippen molar-refractivity contribution in [1.82, 2.24) is 20.2 Å². The second kappa shape index (κ2) is 5.05. The molecule has 1 N–H and O–H groups in total. The first kappa shape index (κ1) is 11.7. The third-order valence-corrected chi connectivity index (χ3v) is 2.75. The maximum absolute atomic E-state index is 9.43. The zero-order valence-corrected chi connectivity index (χ0v) is 10.0. The van der Waals surface area contributed by atoms with E-state index in [-0.39, 0.29) is 12.5 Å². The highest BCUT2D eigenvalue weighted by Gasteiger charge is 2.14. The Kier molecular flexibility index (Phi) is 3.49. The highest BCUT2D eigenvalue weighted by atomic mass is 16.3. The summed E-state index contributed by atoms with van der Waals surface area (Å²) in [5.74, 6) is 0.687. The van der Waals surface area contributed by atoms with Gasteiger partial charge >= 0.3 is 0 Å². The molecule has 1 unspecified atom stereocenters. The van der Waals surface area contributed by atoms with Crippen LogP contribution in [0.25, 0.3) is 0 Å². The molecule has 0 fully saturated rings. The molecule has 0 aliphatic heterocycles. The Hall–Kier alpha value is -1.75. The van der Waals surface area contributed by atoms with Gasteiger partial charge in [-0.15, -0.1) is 10.2 Å². The van der Waals surface area contributed by atoms with Crippen LogP contribution in [-0.4, -0.2) is 31.9 Å². The number of hydrogen-bond donors (Lipinski definition) is 1. The molecule has 17 heavy (non-hydrogen) atoms. The number of aromatic nitrogens is 4. The van der Waals surface area contributed by atoms with Gasteiger partial charge in [-0.25, -0.2) is 0 Å². The fraction of sp³-hybridized carbons (Fsp3) is 0.417. The predicted octanol–water partition coefficient (Wildman–Crippen LogP) is 0.837. The van der Waals surface area contributed by atoms with Crippen LogP contribution >= 0.6 is 0 Å². The molecule has 2 aromatic rings. The molecule has 0 aliphatic rings. The van der Waals surface area contributed by atoms with E-state index in [9.17, 15) is 5.11 Å². The summed E-state index contributed by atoms with van der Waals surface area (Å²) in [5, 5.41) is 21.3. The molecule has 2 rings (SSSR count). The Morgan fingerprint density at radius 3 is 2.53 bits per heavy atom. The summed E-state index contributed by atoms with van der Waals surface area (Å²) >= 11 is 0. The van der Waals surface area contributed by atoms with Crippen molar-refractivity contribution >= 4 is 0 Å². The summed E-state index contributed by atoms with van der Waals surface area (Å²) in [5.41, 5.74) is 2.31. The molecule has 90 valence electrons. The number of benzene rings is 1. The van der Waals surface area contributed by atoms with Crippen LogP contribution in [0.5, 0.6) is 0 Å². The standard InChI is InChI=1S/C12H16N4O/c1-9-3-5-10(6-4-9)11(8-17)7-12-13-15-16(2)14-12/h3-6,11,17H,7-8H2,1-2H3. The summed E-state index contributed by atoms with van der Waals surface area (Å²) in [7, 11) is 1.73. The lowest BCUT2D eigenvalue weighted by Gasteiger charge is -2.12. The quantitative estimate of drug-likeness (QED) is 0.848. The van der Waals surface area contributed by atoms with Crippen LogP contribution in [0.1, 0.15) is 22.9 Å². The number of nitrogens with zero attached hydrogens (tertiary/aromatic N) is 4. The topological polar surface area (TPSA) is 63.8 Å². The second-order valence-electron chi connectivity index (χ2n) is 4.19. The normalized spacial score (nSPS) is 12.6. The highest BCUT2D eigenvalue weighted by molar-refractivity contribution is 5.25. The first-order valence-corrected chi connectivity index (χ1v) is 5.59. The molecular formula is C12H16N4O. The molecule has 1 atom stereocenters. The van der Waals surface area contributed by atoms with Crippen molar-refractivity contribution < 1.29 is 5.11 Å². The number of hydrogen-bond acceptors (Lipinski definition) is 4. The molecule has 0 saturated heterocycles. The van der Waals surface area contributed by atoms with Gasteiger partial charge in [-0.05, 0) is 17.7 Å². The fourth-order valence-electron chi connectivity index (χ4n) is 1.75. The van der Waals surface area contributed by atoms with Crippen molar-refractivity contribution in [2.75, 3.05) is 6.61 Å². The van der Waals surface area contributed by atoms with Gasteiger partial charge in [-0.1, -0.05) is 29.8 Å². The van der Waals surface area contributed by atoms with E-state index in [0.29, 0.717) is 12.2 Å². The summed E-state index contributed by atoms with van der Waals surface area (Å²) in [6, 6.07) is 8.16. The SMILES string of the molecule is Cc1ccc(C(CO)Cc2nnn(C)n2)cc1. The number of rotatable bonds is 4. The molecule has 0 amide bonds. The van der Waals surface area contributed by atoms with E-state index in [0.717, 1.165) is 5.56 Å². The van der Waals surface area contributed by atoms with E-state index >= 15 is 0 Å². The van der Waals surface area contributed by atoms with Crippen molar-refractivity contribution in [3.05, 3.63) is 41.2 Å². The van der Waals surface area contributed by atoms with Gasteiger partial charge in [0.25, 0.3) is 0 Å². The third-order valence-electron chi connectivity index (χ3n) is 2.75. The van der Waals surface area contributed by atoms with Crippen molar-refractivity contribution in [3.8, 4) is 0 Å². The predicted molar refractivity (Wildman–Crippen MR) is 63.5 cm³/mol. The van der Waals surface area contributed by atoms with Gasteiger partial charge in [0.1, 0.15) is 0 Å². The average molecular weight is 232 g/mol. The highest BCUT2D eigenvalue weighted by Crippen LogP contribution is 2.19. The Morgan fingerprint density at radius 2 is 2.00 bits per heavy atom. The molecule has 0 saturated carbocycles. The average Bonchev–Trinajstić information content (AvgIpc) is 2.73. The Bertz CT molecular complexity index is 478. The molecule has 0 bridgehead atoms. The number of aliphatic hydroxyl groups excluding tert-OH is 1. The fourth-order valence-corrected chi connectivity index (χ4v) is 1.75. The molecule has 5 heteroatoms. The van der Waals surface area contributed by atoms with Crippen LogP contribution < -0.4 is 0 Å². The molecule has 1 aromatic heterocycles. The van der Waals surface area contributed by atoms with Crippen molar-refractivity contribution in [2.45, 2.75) is 19.3 Å². The van der Waals surface area contributed by atoms with Crippen LogP contribution in [-0.2, 0) is 13.5 Å². The van der Waals surface area contributed by atoms with Crippen LogP contribution in [0.3, 0.4) is 0 Å². The molecular weight excluding hydrogens is 216 g/mol. The molecule has 1 aromatic carbocycles. The van der Waals surface area contributed by atoms with E-state index in [2.05, 4.69) is 15.4 Å². The second-order valence-corrected chi connectivity index (χ2v) is 4.19. The summed E-state index contributed by atoms with van der Waals surface area (Å²) in [4.78, 5) is 1.43. The van der Waals surface area contributed by atoms with Gasteiger partial charge in [0.15, 0.2) is 5.82 Å². The number of tetrazole rings is 1. The zero-order chi connectivity index (χ0) is 12.3. The maximum Gasteiger partial charge on any atom is 0.175 e. The molecule has 0 radical (unpaired) electrons. The zero-order valence-electron chi connectivity index (χ0n) is 10.0. The van der Waals surface area contributed by atoms with Crippen molar-refractivity contribution in [3.63, 3.8) is 0 Å². The summed E-state index contributed by atoms with van der Waals surface area (Å²) in [6.45, 7) is 2.13. The molecule has 0 aliphatic carbocycles. The smallest absolute Gasteiger partial charge is 0.175 e. The van der Waals surface area contributed by atoms with E-state index in [1.807, 2.05) is 31.2 Å². The van der Waals surface area contributed by atoms with Gasteiger partial charge in [0.2, 0.25) is 0 Å². The van der Waals surface area contributed by atoms with Crippen molar-refractivity contribution in [2.24, 2.45) is 7.05 Å². The van der Waals surface area contributed by atoms with E-state index in [4.69, 9.17) is 0 Å². The van der Waals surface area contributed by atoms with E-state index < -0.39 is 0 Å². The van der Waals surface area contributed by atoms with Gasteiger partial charge in [-0.2, -0.15) is 4.80 Å². The van der Waals surface area contributed by atoms with Gasteiger partial charge in [0, 0.05) is 12.3 Å². The number of aryl methyl sites for hydroxylation is 2. The van der Waals surface area contributed by atoms with Crippen LogP contribution in [0.4, 0.5) is 0 Å². The van der Waals surface area contributed by atoms with Crippen LogP contribution in [0.15, 0.2) is 24.3 Å². The lowest BCUT2D eigenvalue weighted by atomic mass is 9.95.